The second kappa shape index (κ2) is 2.72. The van der Waals surface area contributed by atoms with Crippen molar-refractivity contribution in [3.8, 4) is 0 Å². The summed E-state index contributed by atoms with van der Waals surface area (Å²) in [4.78, 5) is 11.5. The molecule has 1 heteroatoms. The summed E-state index contributed by atoms with van der Waals surface area (Å²) in [6.45, 7) is 4.40. The maximum atomic E-state index is 11.5. The van der Waals surface area contributed by atoms with Gasteiger partial charge in [-0.05, 0) is 32.1 Å². The van der Waals surface area contributed by atoms with Crippen LogP contribution in [0.5, 0.6) is 0 Å². The predicted octanol–water partition coefficient (Wildman–Crippen LogP) is 2.71. The smallest absolute Gasteiger partial charge is 0.140 e. The minimum absolute atomic E-state index is 0.319. The van der Waals surface area contributed by atoms with E-state index < -0.39 is 0 Å². The minimum atomic E-state index is 0.319. The molecule has 0 heterocycles. The third-order valence-electron chi connectivity index (χ3n) is 3.56. The molecule has 12 heavy (non-hydrogen) atoms. The van der Waals surface area contributed by atoms with E-state index >= 15 is 0 Å². The largest absolute Gasteiger partial charge is 0.299 e. The number of rotatable bonds is 1. The van der Waals surface area contributed by atoms with E-state index in [-0.39, 0.29) is 0 Å². The fourth-order valence-corrected chi connectivity index (χ4v) is 2.82. The van der Waals surface area contributed by atoms with Crippen molar-refractivity contribution in [2.75, 3.05) is 0 Å². The third-order valence-corrected chi connectivity index (χ3v) is 3.56. The van der Waals surface area contributed by atoms with Crippen molar-refractivity contribution in [2.24, 2.45) is 11.8 Å². The molecule has 2 unspecified atom stereocenters. The van der Waals surface area contributed by atoms with Gasteiger partial charge >= 0.3 is 0 Å². The van der Waals surface area contributed by atoms with E-state index in [1.54, 1.807) is 0 Å². The van der Waals surface area contributed by atoms with Crippen LogP contribution in [0.1, 0.15) is 39.5 Å². The van der Waals surface area contributed by atoms with Crippen LogP contribution in [0, 0.1) is 11.8 Å². The molecule has 0 aromatic carbocycles. The van der Waals surface area contributed by atoms with Gasteiger partial charge in [-0.25, -0.2) is 0 Å². The second-order valence-corrected chi connectivity index (χ2v) is 4.06. The summed E-state index contributed by atoms with van der Waals surface area (Å²) in [6.07, 6.45) is 4.30. The zero-order valence-corrected chi connectivity index (χ0v) is 7.89. The highest BCUT2D eigenvalue weighted by Gasteiger charge is 2.37. The van der Waals surface area contributed by atoms with Gasteiger partial charge in [0.25, 0.3) is 0 Å². The number of hydrogen-bond donors (Lipinski definition) is 0. The SMILES string of the molecule is CCC1=C(C)C2CCC1C(=O)C2. The number of carbonyl (C=O) groups excluding carboxylic acids is 1. The van der Waals surface area contributed by atoms with Crippen LogP contribution in [0.25, 0.3) is 0 Å². The second-order valence-electron chi connectivity index (χ2n) is 4.06. The molecule has 1 saturated carbocycles. The summed E-state index contributed by atoms with van der Waals surface area (Å²) in [5, 5.41) is 0. The molecule has 1 fully saturated rings. The van der Waals surface area contributed by atoms with E-state index in [4.69, 9.17) is 0 Å². The molecule has 66 valence electrons. The van der Waals surface area contributed by atoms with Crippen LogP contribution in [0.3, 0.4) is 0 Å². The lowest BCUT2D eigenvalue weighted by molar-refractivity contribution is -0.125. The van der Waals surface area contributed by atoms with Crippen LogP contribution in [0.2, 0.25) is 0 Å². The zero-order chi connectivity index (χ0) is 8.72. The van der Waals surface area contributed by atoms with E-state index in [1.165, 1.54) is 17.6 Å². The first kappa shape index (κ1) is 8.03. The molecule has 3 aliphatic rings. The van der Waals surface area contributed by atoms with Crippen LogP contribution in [-0.4, -0.2) is 5.78 Å². The van der Waals surface area contributed by atoms with Gasteiger partial charge < -0.3 is 0 Å². The number of ketones is 1. The Bertz CT molecular complexity index is 250. The van der Waals surface area contributed by atoms with Gasteiger partial charge in [0, 0.05) is 12.3 Å². The van der Waals surface area contributed by atoms with Gasteiger partial charge in [0.1, 0.15) is 5.78 Å². The monoisotopic (exact) mass is 164 g/mol. The quantitative estimate of drug-likeness (QED) is 0.544. The maximum absolute atomic E-state index is 11.5. The molecule has 1 nitrogen and oxygen atoms in total. The molecule has 2 atom stereocenters. The molecule has 0 aromatic rings. The van der Waals surface area contributed by atoms with Gasteiger partial charge in [-0.15, -0.1) is 0 Å². The Morgan fingerprint density at radius 1 is 1.42 bits per heavy atom. The summed E-state index contributed by atoms with van der Waals surface area (Å²) in [5.41, 5.74) is 3.00. The van der Waals surface area contributed by atoms with Gasteiger partial charge in [0.05, 0.1) is 0 Å². The zero-order valence-electron chi connectivity index (χ0n) is 7.89. The summed E-state index contributed by atoms with van der Waals surface area (Å²) < 4.78 is 0. The minimum Gasteiger partial charge on any atom is -0.299 e. The number of fused-ring (bicyclic) bond motifs is 2. The molecule has 3 aliphatic carbocycles. The maximum Gasteiger partial charge on any atom is 0.140 e. The van der Waals surface area contributed by atoms with Crippen molar-refractivity contribution in [1.29, 1.82) is 0 Å². The highest BCUT2D eigenvalue weighted by atomic mass is 16.1. The van der Waals surface area contributed by atoms with E-state index in [2.05, 4.69) is 13.8 Å². The Morgan fingerprint density at radius 3 is 2.67 bits per heavy atom. The Labute approximate surface area is 73.8 Å². The number of hydrogen-bond acceptors (Lipinski definition) is 1. The van der Waals surface area contributed by atoms with Crippen LogP contribution in [-0.2, 0) is 4.79 Å². The van der Waals surface area contributed by atoms with Crippen molar-refractivity contribution in [1.82, 2.24) is 0 Å². The Balaban J connectivity index is 2.39. The topological polar surface area (TPSA) is 17.1 Å². The molecule has 0 saturated heterocycles. The van der Waals surface area contributed by atoms with Crippen molar-refractivity contribution in [2.45, 2.75) is 39.5 Å². The molecule has 0 aromatic heterocycles. The summed E-state index contributed by atoms with van der Waals surface area (Å²) in [7, 11) is 0. The Kier molecular flexibility index (Phi) is 1.82. The first-order valence-corrected chi connectivity index (χ1v) is 4.96. The van der Waals surface area contributed by atoms with Crippen molar-refractivity contribution < 1.29 is 4.79 Å². The predicted molar refractivity (Wildman–Crippen MR) is 48.8 cm³/mol. The van der Waals surface area contributed by atoms with Crippen LogP contribution in [0.15, 0.2) is 11.1 Å². The summed E-state index contributed by atoms with van der Waals surface area (Å²) in [6, 6.07) is 0. The molecule has 0 radical (unpaired) electrons. The first-order valence-electron chi connectivity index (χ1n) is 4.96. The van der Waals surface area contributed by atoms with Gasteiger partial charge in [0.15, 0.2) is 0 Å². The van der Waals surface area contributed by atoms with Crippen molar-refractivity contribution >= 4 is 5.78 Å². The number of Topliss-reactive ketones (excluding diaryl/α,β-unsaturated/α-hetero) is 1. The number of carbonyl (C=O) groups is 1. The highest BCUT2D eigenvalue weighted by molar-refractivity contribution is 5.86. The normalized spacial score (nSPS) is 34.7. The van der Waals surface area contributed by atoms with E-state index in [0.29, 0.717) is 17.6 Å². The Hall–Kier alpha value is -0.590. The number of allylic oxidation sites excluding steroid dienone is 2. The van der Waals surface area contributed by atoms with Gasteiger partial charge in [-0.2, -0.15) is 0 Å². The summed E-state index contributed by atoms with van der Waals surface area (Å²) >= 11 is 0. The van der Waals surface area contributed by atoms with Crippen molar-refractivity contribution in [3.63, 3.8) is 0 Å². The molecular formula is C11H16O. The lowest BCUT2D eigenvalue weighted by Crippen LogP contribution is -2.33. The van der Waals surface area contributed by atoms with Gasteiger partial charge in [-0.1, -0.05) is 18.1 Å². The van der Waals surface area contributed by atoms with Gasteiger partial charge in [-0.3, -0.25) is 4.79 Å². The van der Waals surface area contributed by atoms with Crippen LogP contribution >= 0.6 is 0 Å². The molecule has 0 aliphatic heterocycles. The average molecular weight is 164 g/mol. The van der Waals surface area contributed by atoms with Crippen LogP contribution < -0.4 is 0 Å². The fraction of sp³-hybridized carbons (Fsp3) is 0.727. The van der Waals surface area contributed by atoms with E-state index in [9.17, 15) is 4.79 Å². The third kappa shape index (κ3) is 0.954. The average Bonchev–Trinajstić information content (AvgIpc) is 2.07. The van der Waals surface area contributed by atoms with Gasteiger partial charge in [0.2, 0.25) is 0 Å². The molecule has 0 N–H and O–H groups in total. The molecular weight excluding hydrogens is 148 g/mol. The molecule has 3 rings (SSSR count). The molecule has 0 spiro atoms. The fourth-order valence-electron chi connectivity index (χ4n) is 2.82. The standard InChI is InChI=1S/C11H16O/c1-3-9-7(2)8-4-5-10(9)11(12)6-8/h8,10H,3-6H2,1-2H3. The molecule has 0 amide bonds. The molecule has 2 bridgehead atoms. The Morgan fingerprint density at radius 2 is 2.17 bits per heavy atom. The van der Waals surface area contributed by atoms with E-state index in [0.717, 1.165) is 19.3 Å². The lowest BCUT2D eigenvalue weighted by Gasteiger charge is -2.37. The van der Waals surface area contributed by atoms with E-state index in [1.807, 2.05) is 0 Å². The first-order chi connectivity index (χ1) is 5.74. The highest BCUT2D eigenvalue weighted by Crippen LogP contribution is 2.43. The van der Waals surface area contributed by atoms with Crippen molar-refractivity contribution in [3.05, 3.63) is 11.1 Å². The summed E-state index contributed by atoms with van der Waals surface area (Å²) in [5.74, 6) is 1.44. The lowest BCUT2D eigenvalue weighted by atomic mass is 9.66. The van der Waals surface area contributed by atoms with Crippen LogP contribution in [0.4, 0.5) is 0 Å².